The fourth-order valence-electron chi connectivity index (χ4n) is 4.01. The number of carbonyl (C=O) groups is 1. The number of morpholine rings is 1. The van der Waals surface area contributed by atoms with E-state index < -0.39 is 32.0 Å². The van der Waals surface area contributed by atoms with Gasteiger partial charge in [-0.1, -0.05) is 17.7 Å². The summed E-state index contributed by atoms with van der Waals surface area (Å²) in [7, 11) is -7.43. The number of nitrogens with zero attached hydrogens (tertiary/aromatic N) is 2. The molecule has 11 heteroatoms. The Kier molecular flexibility index (Phi) is 6.87. The predicted molar refractivity (Wildman–Crippen MR) is 123 cm³/mol. The zero-order valence-electron chi connectivity index (χ0n) is 18.3. The van der Waals surface area contributed by atoms with Crippen LogP contribution in [0.3, 0.4) is 0 Å². The third-order valence-corrected chi connectivity index (χ3v) is 9.70. The van der Waals surface area contributed by atoms with Crippen LogP contribution in [-0.4, -0.2) is 70.2 Å². The van der Waals surface area contributed by atoms with Gasteiger partial charge in [-0.15, -0.1) is 0 Å². The lowest BCUT2D eigenvalue weighted by molar-refractivity contribution is -0.119. The van der Waals surface area contributed by atoms with Gasteiger partial charge in [-0.2, -0.15) is 8.61 Å². The minimum absolute atomic E-state index is 0.131. The highest BCUT2D eigenvalue weighted by Gasteiger charge is 2.39. The lowest BCUT2D eigenvalue weighted by Gasteiger charge is -2.26. The molecule has 178 valence electrons. The first-order chi connectivity index (χ1) is 15.7. The molecule has 0 radical (unpaired) electrons. The van der Waals surface area contributed by atoms with Gasteiger partial charge >= 0.3 is 0 Å². The number of hydrogen-bond donors (Lipinski definition) is 1. The maximum Gasteiger partial charge on any atom is 0.243 e. The Morgan fingerprint density at radius 2 is 1.45 bits per heavy atom. The first-order valence-corrected chi connectivity index (χ1v) is 13.6. The van der Waals surface area contributed by atoms with Crippen molar-refractivity contribution in [2.75, 3.05) is 38.2 Å². The quantitative estimate of drug-likeness (QED) is 0.657. The topological polar surface area (TPSA) is 113 Å². The lowest BCUT2D eigenvalue weighted by Crippen LogP contribution is -2.43. The number of hydrogen-bond acceptors (Lipinski definition) is 6. The van der Waals surface area contributed by atoms with E-state index in [4.69, 9.17) is 4.74 Å². The van der Waals surface area contributed by atoms with Gasteiger partial charge in [0.05, 0.1) is 23.0 Å². The summed E-state index contributed by atoms with van der Waals surface area (Å²) in [4.78, 5) is 13.2. The number of ether oxygens (including phenoxy) is 1. The van der Waals surface area contributed by atoms with Gasteiger partial charge in [0.15, 0.2) is 0 Å². The standard InChI is InChI=1S/C22H27N3O6S2/c1-17-4-8-20(9-5-17)33(29,30)25-12-2-3-21(25)22(26)23-18-6-10-19(11-7-18)32(27,28)24-13-15-31-16-14-24/h4-11,21H,2-3,12-16H2,1H3,(H,23,26)/t21-/m0/s1. The highest BCUT2D eigenvalue weighted by molar-refractivity contribution is 7.89. The van der Waals surface area contributed by atoms with Crippen LogP contribution in [0.4, 0.5) is 5.69 Å². The number of amides is 1. The van der Waals surface area contributed by atoms with E-state index in [2.05, 4.69) is 5.32 Å². The predicted octanol–water partition coefficient (Wildman–Crippen LogP) is 1.81. The monoisotopic (exact) mass is 493 g/mol. The van der Waals surface area contributed by atoms with Crippen molar-refractivity contribution in [3.05, 3.63) is 54.1 Å². The van der Waals surface area contributed by atoms with Gasteiger partial charge in [-0.05, 0) is 56.2 Å². The van der Waals surface area contributed by atoms with Crippen LogP contribution < -0.4 is 5.32 Å². The maximum atomic E-state index is 13.1. The molecule has 1 amide bonds. The minimum atomic E-state index is -3.80. The third kappa shape index (κ3) is 4.97. The molecule has 2 saturated heterocycles. The summed E-state index contributed by atoms with van der Waals surface area (Å²) in [5.41, 5.74) is 1.35. The van der Waals surface area contributed by atoms with Crippen LogP contribution in [0.15, 0.2) is 58.3 Å². The van der Waals surface area contributed by atoms with Crippen LogP contribution in [-0.2, 0) is 29.6 Å². The van der Waals surface area contributed by atoms with Crippen molar-refractivity contribution in [3.8, 4) is 0 Å². The number of anilines is 1. The van der Waals surface area contributed by atoms with Crippen molar-refractivity contribution in [2.45, 2.75) is 35.6 Å². The third-order valence-electron chi connectivity index (χ3n) is 5.86. The Balaban J connectivity index is 1.47. The molecule has 2 aromatic rings. The van der Waals surface area contributed by atoms with Crippen molar-refractivity contribution in [1.29, 1.82) is 0 Å². The molecule has 2 heterocycles. The summed E-state index contributed by atoms with van der Waals surface area (Å²) in [6, 6.07) is 11.6. The highest BCUT2D eigenvalue weighted by atomic mass is 32.2. The summed E-state index contributed by atoms with van der Waals surface area (Å²) in [5.74, 6) is -0.438. The molecular weight excluding hydrogens is 466 g/mol. The largest absolute Gasteiger partial charge is 0.379 e. The first-order valence-electron chi connectivity index (χ1n) is 10.8. The molecule has 9 nitrogen and oxygen atoms in total. The van der Waals surface area contributed by atoms with Crippen LogP contribution in [0, 0.1) is 6.92 Å². The van der Waals surface area contributed by atoms with Crippen molar-refractivity contribution < 1.29 is 26.4 Å². The van der Waals surface area contributed by atoms with Gasteiger partial charge in [0.1, 0.15) is 6.04 Å². The van der Waals surface area contributed by atoms with E-state index in [-0.39, 0.29) is 16.3 Å². The second-order valence-electron chi connectivity index (χ2n) is 8.12. The molecule has 0 aliphatic carbocycles. The van der Waals surface area contributed by atoms with Crippen LogP contribution in [0.25, 0.3) is 0 Å². The number of aryl methyl sites for hydroxylation is 1. The fraction of sp³-hybridized carbons (Fsp3) is 0.409. The van der Waals surface area contributed by atoms with Crippen molar-refractivity contribution in [1.82, 2.24) is 8.61 Å². The molecule has 0 bridgehead atoms. The van der Waals surface area contributed by atoms with Crippen molar-refractivity contribution >= 4 is 31.6 Å². The van der Waals surface area contributed by atoms with Crippen LogP contribution in [0.5, 0.6) is 0 Å². The van der Waals surface area contributed by atoms with Gasteiger partial charge in [0.2, 0.25) is 26.0 Å². The number of nitrogens with one attached hydrogen (secondary N) is 1. The summed E-state index contributed by atoms with van der Waals surface area (Å²) >= 11 is 0. The lowest BCUT2D eigenvalue weighted by atomic mass is 10.2. The van der Waals surface area contributed by atoms with Gasteiger partial charge < -0.3 is 10.1 Å². The number of carbonyl (C=O) groups excluding carboxylic acids is 1. The summed E-state index contributed by atoms with van der Waals surface area (Å²) in [5, 5.41) is 2.73. The fourth-order valence-corrected chi connectivity index (χ4v) is 7.07. The van der Waals surface area contributed by atoms with E-state index in [1.807, 2.05) is 6.92 Å². The molecule has 1 N–H and O–H groups in total. The highest BCUT2D eigenvalue weighted by Crippen LogP contribution is 2.27. The summed E-state index contributed by atoms with van der Waals surface area (Å²) in [6.45, 7) is 3.46. The molecule has 2 aliphatic rings. The van der Waals surface area contributed by atoms with Gasteiger partial charge in [0, 0.05) is 25.3 Å². The number of rotatable bonds is 6. The van der Waals surface area contributed by atoms with E-state index in [9.17, 15) is 21.6 Å². The first kappa shape index (κ1) is 23.8. The smallest absolute Gasteiger partial charge is 0.243 e. The Morgan fingerprint density at radius 3 is 2.09 bits per heavy atom. The van der Waals surface area contributed by atoms with E-state index in [0.29, 0.717) is 44.8 Å². The maximum absolute atomic E-state index is 13.1. The second-order valence-corrected chi connectivity index (χ2v) is 11.9. The van der Waals surface area contributed by atoms with Gasteiger partial charge in [0.25, 0.3) is 0 Å². The van der Waals surface area contributed by atoms with Crippen LogP contribution in [0.1, 0.15) is 18.4 Å². The average molecular weight is 494 g/mol. The number of benzene rings is 2. The Hall–Kier alpha value is -2.31. The molecule has 4 rings (SSSR count). The van der Waals surface area contributed by atoms with Crippen LogP contribution in [0.2, 0.25) is 0 Å². The normalized spacial score (nSPS) is 20.6. The van der Waals surface area contributed by atoms with Crippen LogP contribution >= 0.6 is 0 Å². The molecule has 33 heavy (non-hydrogen) atoms. The summed E-state index contributed by atoms with van der Waals surface area (Å²) in [6.07, 6.45) is 1.00. The molecule has 1 atom stereocenters. The van der Waals surface area contributed by atoms with Gasteiger partial charge in [-0.25, -0.2) is 16.8 Å². The van der Waals surface area contributed by atoms with Crippen molar-refractivity contribution in [2.24, 2.45) is 0 Å². The molecular formula is C22H27N3O6S2. The molecule has 2 aliphatic heterocycles. The Bertz CT molecular complexity index is 1210. The van der Waals surface area contributed by atoms with E-state index in [1.165, 1.54) is 32.9 Å². The Labute approximate surface area is 194 Å². The average Bonchev–Trinajstić information content (AvgIpc) is 3.32. The van der Waals surface area contributed by atoms with Crippen molar-refractivity contribution in [3.63, 3.8) is 0 Å². The van der Waals surface area contributed by atoms with E-state index in [1.54, 1.807) is 24.3 Å². The minimum Gasteiger partial charge on any atom is -0.379 e. The van der Waals surface area contributed by atoms with E-state index in [0.717, 1.165) is 5.56 Å². The molecule has 0 unspecified atom stereocenters. The second kappa shape index (κ2) is 9.51. The Morgan fingerprint density at radius 1 is 0.879 bits per heavy atom. The number of sulfonamides is 2. The summed E-state index contributed by atoms with van der Waals surface area (Å²) < 4.78 is 59.5. The zero-order valence-corrected chi connectivity index (χ0v) is 19.9. The molecule has 0 aromatic heterocycles. The molecule has 2 aromatic carbocycles. The molecule has 2 fully saturated rings. The molecule has 0 saturated carbocycles. The van der Waals surface area contributed by atoms with E-state index >= 15 is 0 Å². The zero-order chi connectivity index (χ0) is 23.6. The van der Waals surface area contributed by atoms with Gasteiger partial charge in [-0.3, -0.25) is 4.79 Å². The molecule has 0 spiro atoms. The SMILES string of the molecule is Cc1ccc(S(=O)(=O)N2CCC[C@H]2C(=O)Nc2ccc(S(=O)(=O)N3CCOCC3)cc2)cc1.